The Hall–Kier alpha value is -1.96. The molecule has 0 saturated carbocycles. The predicted octanol–water partition coefficient (Wildman–Crippen LogP) is 2.88. The Labute approximate surface area is 148 Å². The molecule has 2 rings (SSSR count). The Kier molecular flexibility index (Phi) is 6.16. The highest BCUT2D eigenvalue weighted by Crippen LogP contribution is 2.26. The molecule has 1 aromatic carbocycles. The molecule has 0 aliphatic carbocycles. The van der Waals surface area contributed by atoms with E-state index in [9.17, 15) is 22.8 Å². The van der Waals surface area contributed by atoms with Crippen molar-refractivity contribution >= 4 is 23.4 Å². The SMILES string of the molecule is COc1ccc(Cl)cc1C(=O)N1CCCC(CNC(=O)C(F)(F)F)C1. The summed E-state index contributed by atoms with van der Waals surface area (Å²) < 4.78 is 41.9. The smallest absolute Gasteiger partial charge is 0.471 e. The van der Waals surface area contributed by atoms with Gasteiger partial charge < -0.3 is 15.0 Å². The second-order valence-electron chi connectivity index (χ2n) is 5.81. The van der Waals surface area contributed by atoms with Crippen molar-refractivity contribution in [2.24, 2.45) is 5.92 Å². The van der Waals surface area contributed by atoms with Gasteiger partial charge in [0.1, 0.15) is 5.75 Å². The second-order valence-corrected chi connectivity index (χ2v) is 6.25. The maximum Gasteiger partial charge on any atom is 0.471 e. The minimum absolute atomic E-state index is 0.130. The first-order valence-electron chi connectivity index (χ1n) is 7.70. The van der Waals surface area contributed by atoms with Gasteiger partial charge in [-0.25, -0.2) is 0 Å². The number of hydrogen-bond donors (Lipinski definition) is 1. The van der Waals surface area contributed by atoms with Crippen LogP contribution in [0.5, 0.6) is 5.75 Å². The first-order valence-corrected chi connectivity index (χ1v) is 8.08. The number of rotatable bonds is 4. The summed E-state index contributed by atoms with van der Waals surface area (Å²) in [7, 11) is 1.44. The summed E-state index contributed by atoms with van der Waals surface area (Å²) in [6.45, 7) is 0.611. The van der Waals surface area contributed by atoms with E-state index in [0.717, 1.165) is 0 Å². The molecule has 2 amide bonds. The van der Waals surface area contributed by atoms with Gasteiger partial charge in [0.2, 0.25) is 0 Å². The molecule has 1 N–H and O–H groups in total. The highest BCUT2D eigenvalue weighted by Gasteiger charge is 2.39. The molecule has 1 aromatic rings. The number of benzene rings is 1. The molecule has 9 heteroatoms. The second kappa shape index (κ2) is 7.95. The third-order valence-electron chi connectivity index (χ3n) is 4.01. The Balaban J connectivity index is 2.02. The van der Waals surface area contributed by atoms with Gasteiger partial charge in [-0.3, -0.25) is 9.59 Å². The molecule has 0 spiro atoms. The largest absolute Gasteiger partial charge is 0.496 e. The molecule has 1 atom stereocenters. The minimum atomic E-state index is -4.90. The van der Waals surface area contributed by atoms with Crippen LogP contribution >= 0.6 is 11.6 Å². The topological polar surface area (TPSA) is 58.6 Å². The number of hydrogen-bond acceptors (Lipinski definition) is 3. The number of amides is 2. The average Bonchev–Trinajstić information content (AvgIpc) is 2.58. The average molecular weight is 379 g/mol. The Morgan fingerprint density at radius 3 is 2.76 bits per heavy atom. The quantitative estimate of drug-likeness (QED) is 0.876. The molecule has 25 heavy (non-hydrogen) atoms. The molecule has 1 fully saturated rings. The maximum absolute atomic E-state index is 12.7. The fraction of sp³-hybridized carbons (Fsp3) is 0.500. The van der Waals surface area contributed by atoms with Crippen molar-refractivity contribution in [3.05, 3.63) is 28.8 Å². The van der Waals surface area contributed by atoms with E-state index < -0.39 is 12.1 Å². The van der Waals surface area contributed by atoms with E-state index in [1.165, 1.54) is 13.2 Å². The number of carbonyl (C=O) groups excluding carboxylic acids is 2. The van der Waals surface area contributed by atoms with Crippen LogP contribution < -0.4 is 10.1 Å². The first-order chi connectivity index (χ1) is 11.7. The molecule has 0 aromatic heterocycles. The van der Waals surface area contributed by atoms with E-state index in [4.69, 9.17) is 16.3 Å². The van der Waals surface area contributed by atoms with Crippen molar-refractivity contribution in [1.29, 1.82) is 0 Å². The van der Waals surface area contributed by atoms with Crippen LogP contribution in [0.2, 0.25) is 5.02 Å². The zero-order valence-corrected chi connectivity index (χ0v) is 14.3. The van der Waals surface area contributed by atoms with Crippen molar-refractivity contribution in [2.75, 3.05) is 26.7 Å². The number of likely N-dealkylation sites (tertiary alicyclic amines) is 1. The summed E-state index contributed by atoms with van der Waals surface area (Å²) in [6.07, 6.45) is -3.63. The third kappa shape index (κ3) is 5.01. The van der Waals surface area contributed by atoms with Crippen LogP contribution in [-0.4, -0.2) is 49.6 Å². The zero-order valence-electron chi connectivity index (χ0n) is 13.5. The fourth-order valence-electron chi connectivity index (χ4n) is 2.77. The predicted molar refractivity (Wildman–Crippen MR) is 85.7 cm³/mol. The molecule has 0 bridgehead atoms. The Bertz CT molecular complexity index is 652. The normalized spacial score (nSPS) is 18.0. The summed E-state index contributed by atoms with van der Waals surface area (Å²) in [6, 6.07) is 4.68. The number of nitrogens with one attached hydrogen (secondary N) is 1. The van der Waals surface area contributed by atoms with Gasteiger partial charge in [-0.2, -0.15) is 13.2 Å². The van der Waals surface area contributed by atoms with Crippen LogP contribution in [0.25, 0.3) is 0 Å². The van der Waals surface area contributed by atoms with Gasteiger partial charge in [-0.05, 0) is 37.0 Å². The lowest BCUT2D eigenvalue weighted by molar-refractivity contribution is -0.173. The summed E-state index contributed by atoms with van der Waals surface area (Å²) >= 11 is 5.93. The van der Waals surface area contributed by atoms with E-state index in [1.54, 1.807) is 17.0 Å². The number of carbonyl (C=O) groups is 2. The van der Waals surface area contributed by atoms with Crippen molar-refractivity contribution in [3.8, 4) is 5.75 Å². The summed E-state index contributed by atoms with van der Waals surface area (Å²) in [5.74, 6) is -2.13. The van der Waals surface area contributed by atoms with Crippen LogP contribution in [0.4, 0.5) is 13.2 Å². The first kappa shape index (κ1) is 19.4. The molecule has 1 aliphatic heterocycles. The van der Waals surface area contributed by atoms with Crippen LogP contribution in [0, 0.1) is 5.92 Å². The highest BCUT2D eigenvalue weighted by molar-refractivity contribution is 6.31. The van der Waals surface area contributed by atoms with Crippen LogP contribution in [-0.2, 0) is 4.79 Å². The molecule has 1 heterocycles. The molecule has 1 unspecified atom stereocenters. The lowest BCUT2D eigenvalue weighted by Crippen LogP contribution is -2.46. The molecule has 138 valence electrons. The van der Waals surface area contributed by atoms with Crippen LogP contribution in [0.15, 0.2) is 18.2 Å². The van der Waals surface area contributed by atoms with Crippen molar-refractivity contribution in [1.82, 2.24) is 10.2 Å². The van der Waals surface area contributed by atoms with Gasteiger partial charge in [0.25, 0.3) is 5.91 Å². The molecule has 0 radical (unpaired) electrons. The van der Waals surface area contributed by atoms with Gasteiger partial charge in [0, 0.05) is 24.7 Å². The molecule has 1 aliphatic rings. The fourth-order valence-corrected chi connectivity index (χ4v) is 2.94. The summed E-state index contributed by atoms with van der Waals surface area (Å²) in [4.78, 5) is 25.2. The number of piperidine rings is 1. The number of nitrogens with zero attached hydrogens (tertiary/aromatic N) is 1. The van der Waals surface area contributed by atoms with E-state index in [1.807, 2.05) is 5.32 Å². The molecule has 1 saturated heterocycles. The molecule has 5 nitrogen and oxygen atoms in total. The third-order valence-corrected chi connectivity index (χ3v) is 4.24. The zero-order chi connectivity index (χ0) is 18.6. The number of methoxy groups -OCH3 is 1. The maximum atomic E-state index is 12.7. The van der Waals surface area contributed by atoms with Crippen LogP contribution in [0.1, 0.15) is 23.2 Å². The van der Waals surface area contributed by atoms with Gasteiger partial charge in [0.15, 0.2) is 0 Å². The van der Waals surface area contributed by atoms with Gasteiger partial charge >= 0.3 is 12.1 Å². The number of alkyl halides is 3. The van der Waals surface area contributed by atoms with Crippen molar-refractivity contribution < 1.29 is 27.5 Å². The monoisotopic (exact) mass is 378 g/mol. The van der Waals surface area contributed by atoms with Crippen molar-refractivity contribution in [3.63, 3.8) is 0 Å². The molecular weight excluding hydrogens is 361 g/mol. The number of halogens is 4. The standard InChI is InChI=1S/C16H18ClF3N2O3/c1-25-13-5-4-11(17)7-12(13)14(23)22-6-2-3-10(9-22)8-21-15(24)16(18,19)20/h4-5,7,10H,2-3,6,8-9H2,1H3,(H,21,24). The molecular formula is C16H18ClF3N2O3. The van der Waals surface area contributed by atoms with Crippen molar-refractivity contribution in [2.45, 2.75) is 19.0 Å². The summed E-state index contributed by atoms with van der Waals surface area (Å²) in [5.41, 5.74) is 0.301. The van der Waals surface area contributed by atoms with Crippen LogP contribution in [0.3, 0.4) is 0 Å². The van der Waals surface area contributed by atoms with E-state index in [-0.39, 0.29) is 24.9 Å². The number of ether oxygens (including phenoxy) is 1. The van der Waals surface area contributed by atoms with E-state index in [2.05, 4.69) is 0 Å². The Morgan fingerprint density at radius 1 is 1.40 bits per heavy atom. The van der Waals surface area contributed by atoms with E-state index >= 15 is 0 Å². The Morgan fingerprint density at radius 2 is 2.12 bits per heavy atom. The van der Waals surface area contributed by atoms with E-state index in [0.29, 0.717) is 35.7 Å². The highest BCUT2D eigenvalue weighted by atomic mass is 35.5. The lowest BCUT2D eigenvalue weighted by atomic mass is 9.97. The summed E-state index contributed by atoms with van der Waals surface area (Å²) in [5, 5.41) is 2.26. The minimum Gasteiger partial charge on any atom is -0.496 e. The lowest BCUT2D eigenvalue weighted by Gasteiger charge is -2.33. The van der Waals surface area contributed by atoms with Gasteiger partial charge in [-0.15, -0.1) is 0 Å². The van der Waals surface area contributed by atoms with Gasteiger partial charge in [0.05, 0.1) is 12.7 Å². The van der Waals surface area contributed by atoms with Gasteiger partial charge in [-0.1, -0.05) is 11.6 Å².